The molecule has 3 nitrogen and oxygen atoms in total. The van der Waals surface area contributed by atoms with Gasteiger partial charge in [0.2, 0.25) is 0 Å². The minimum Gasteiger partial charge on any atom is -0.385 e. The summed E-state index contributed by atoms with van der Waals surface area (Å²) in [5.41, 5.74) is 0. The van der Waals surface area contributed by atoms with Crippen LogP contribution in [0.1, 0.15) is 16.3 Å². The first-order chi connectivity index (χ1) is 6.36. The highest BCUT2D eigenvalue weighted by Crippen LogP contribution is 2.13. The maximum atomic E-state index is 4.98. The molecule has 1 aromatic heterocycles. The van der Waals surface area contributed by atoms with Crippen LogP contribution in [0.15, 0.2) is 6.20 Å². The predicted octanol–water partition coefficient (Wildman–Crippen LogP) is 1.44. The van der Waals surface area contributed by atoms with Crippen molar-refractivity contribution < 1.29 is 4.74 Å². The summed E-state index contributed by atoms with van der Waals surface area (Å²) in [4.78, 5) is 5.63. The average molecular weight is 200 g/mol. The molecule has 4 heteroatoms. The number of thiazole rings is 1. The molecule has 0 radical (unpaired) electrons. The third-order valence-electron chi connectivity index (χ3n) is 1.69. The van der Waals surface area contributed by atoms with E-state index in [0.29, 0.717) is 0 Å². The molecule has 1 aromatic rings. The second-order valence-electron chi connectivity index (χ2n) is 2.85. The summed E-state index contributed by atoms with van der Waals surface area (Å²) in [6.45, 7) is 1.74. The van der Waals surface area contributed by atoms with Crippen LogP contribution in [-0.4, -0.2) is 25.7 Å². The average Bonchev–Trinajstić information content (AvgIpc) is 2.54. The normalized spacial score (nSPS) is 10.6. The van der Waals surface area contributed by atoms with Crippen molar-refractivity contribution in [2.45, 2.75) is 19.4 Å². The molecule has 74 valence electrons. The summed E-state index contributed by atoms with van der Waals surface area (Å²) < 4.78 is 4.98. The number of rotatable bonds is 6. The van der Waals surface area contributed by atoms with E-state index in [1.54, 1.807) is 18.4 Å². The van der Waals surface area contributed by atoms with Crippen LogP contribution in [0.2, 0.25) is 0 Å². The fourth-order valence-electron chi connectivity index (χ4n) is 1.09. The predicted molar refractivity (Wildman–Crippen MR) is 55.1 cm³/mol. The second kappa shape index (κ2) is 6.07. The van der Waals surface area contributed by atoms with Crippen LogP contribution < -0.4 is 5.32 Å². The standard InChI is InChI=1S/C9H16N2OS/c1-10-6-8-7-11-9(13-8)4-3-5-12-2/h7,10H,3-6H2,1-2H3. The molecular formula is C9H16N2OS. The number of hydrogen-bond acceptors (Lipinski definition) is 4. The largest absolute Gasteiger partial charge is 0.385 e. The highest BCUT2D eigenvalue weighted by molar-refractivity contribution is 7.11. The topological polar surface area (TPSA) is 34.2 Å². The third-order valence-corrected chi connectivity index (χ3v) is 2.75. The van der Waals surface area contributed by atoms with Gasteiger partial charge in [-0.3, -0.25) is 0 Å². The van der Waals surface area contributed by atoms with Gasteiger partial charge in [-0.1, -0.05) is 0 Å². The lowest BCUT2D eigenvalue weighted by Gasteiger charge is -1.95. The number of nitrogens with zero attached hydrogens (tertiary/aromatic N) is 1. The maximum absolute atomic E-state index is 4.98. The molecule has 0 saturated heterocycles. The molecule has 0 atom stereocenters. The Hall–Kier alpha value is -0.450. The van der Waals surface area contributed by atoms with Gasteiger partial charge in [0.15, 0.2) is 0 Å². The van der Waals surface area contributed by atoms with Crippen molar-refractivity contribution in [1.82, 2.24) is 10.3 Å². The lowest BCUT2D eigenvalue weighted by molar-refractivity contribution is 0.195. The minimum atomic E-state index is 0.820. The lowest BCUT2D eigenvalue weighted by Crippen LogP contribution is -2.02. The van der Waals surface area contributed by atoms with Gasteiger partial charge in [-0.15, -0.1) is 11.3 Å². The summed E-state index contributed by atoms with van der Waals surface area (Å²) in [7, 11) is 3.68. The third kappa shape index (κ3) is 3.85. The molecule has 1 N–H and O–H groups in total. The van der Waals surface area contributed by atoms with Crippen molar-refractivity contribution in [2.75, 3.05) is 20.8 Å². The first-order valence-electron chi connectivity index (χ1n) is 4.44. The fourth-order valence-corrected chi connectivity index (χ4v) is 2.06. The quantitative estimate of drug-likeness (QED) is 0.706. The summed E-state index contributed by atoms with van der Waals surface area (Å²) in [6, 6.07) is 0. The van der Waals surface area contributed by atoms with Gasteiger partial charge < -0.3 is 10.1 Å². The molecule has 0 unspecified atom stereocenters. The van der Waals surface area contributed by atoms with Gasteiger partial charge in [0.25, 0.3) is 0 Å². The van der Waals surface area contributed by atoms with Crippen molar-refractivity contribution in [3.05, 3.63) is 16.1 Å². The van der Waals surface area contributed by atoms with Crippen LogP contribution in [0.4, 0.5) is 0 Å². The Labute approximate surface area is 83.1 Å². The first kappa shape index (κ1) is 10.6. The number of nitrogens with one attached hydrogen (secondary N) is 1. The van der Waals surface area contributed by atoms with E-state index >= 15 is 0 Å². The molecule has 0 aliphatic carbocycles. The van der Waals surface area contributed by atoms with Crippen LogP contribution in [0.3, 0.4) is 0 Å². The zero-order valence-electron chi connectivity index (χ0n) is 8.17. The molecule has 0 fully saturated rings. The van der Waals surface area contributed by atoms with E-state index in [9.17, 15) is 0 Å². The van der Waals surface area contributed by atoms with Crippen LogP contribution in [0.25, 0.3) is 0 Å². The number of aromatic nitrogens is 1. The first-order valence-corrected chi connectivity index (χ1v) is 5.25. The molecule has 0 saturated carbocycles. The molecular weight excluding hydrogens is 184 g/mol. The van der Waals surface area contributed by atoms with Gasteiger partial charge in [0.05, 0.1) is 5.01 Å². The van der Waals surface area contributed by atoms with Gasteiger partial charge in [-0.05, 0) is 13.5 Å². The van der Waals surface area contributed by atoms with Crippen molar-refractivity contribution in [3.8, 4) is 0 Å². The van der Waals surface area contributed by atoms with Gasteiger partial charge in [0, 0.05) is 37.8 Å². The van der Waals surface area contributed by atoms with Gasteiger partial charge in [0.1, 0.15) is 0 Å². The van der Waals surface area contributed by atoms with Gasteiger partial charge in [-0.25, -0.2) is 4.98 Å². The highest BCUT2D eigenvalue weighted by Gasteiger charge is 2.00. The zero-order chi connectivity index (χ0) is 9.52. The Morgan fingerprint density at radius 2 is 2.46 bits per heavy atom. The smallest absolute Gasteiger partial charge is 0.0929 e. The molecule has 13 heavy (non-hydrogen) atoms. The molecule has 1 rings (SSSR count). The molecule has 0 spiro atoms. The van der Waals surface area contributed by atoms with E-state index in [1.165, 1.54) is 9.88 Å². The second-order valence-corrected chi connectivity index (χ2v) is 4.05. The molecule has 0 aromatic carbocycles. The van der Waals surface area contributed by atoms with Gasteiger partial charge in [-0.2, -0.15) is 0 Å². The zero-order valence-corrected chi connectivity index (χ0v) is 8.99. The van der Waals surface area contributed by atoms with Gasteiger partial charge >= 0.3 is 0 Å². The number of methoxy groups -OCH3 is 1. The van der Waals surface area contributed by atoms with E-state index in [-0.39, 0.29) is 0 Å². The summed E-state index contributed by atoms with van der Waals surface area (Å²) in [6.07, 6.45) is 4.04. The number of ether oxygens (including phenoxy) is 1. The van der Waals surface area contributed by atoms with Crippen LogP contribution >= 0.6 is 11.3 Å². The van der Waals surface area contributed by atoms with Crippen molar-refractivity contribution in [1.29, 1.82) is 0 Å². The molecule has 0 aliphatic heterocycles. The van der Waals surface area contributed by atoms with E-state index in [0.717, 1.165) is 26.0 Å². The summed E-state index contributed by atoms with van der Waals surface area (Å²) in [5.74, 6) is 0. The SMILES string of the molecule is CNCc1cnc(CCCOC)s1. The Kier molecular flexibility index (Phi) is 4.97. The minimum absolute atomic E-state index is 0.820. The number of hydrogen-bond donors (Lipinski definition) is 1. The fraction of sp³-hybridized carbons (Fsp3) is 0.667. The summed E-state index contributed by atoms with van der Waals surface area (Å²) >= 11 is 1.78. The Bertz CT molecular complexity index is 237. The highest BCUT2D eigenvalue weighted by atomic mass is 32.1. The molecule has 0 aliphatic rings. The van der Waals surface area contributed by atoms with Crippen molar-refractivity contribution in [3.63, 3.8) is 0 Å². The number of aryl methyl sites for hydroxylation is 1. The maximum Gasteiger partial charge on any atom is 0.0929 e. The van der Waals surface area contributed by atoms with Crippen LogP contribution in [0, 0.1) is 0 Å². The Balaban J connectivity index is 2.31. The van der Waals surface area contributed by atoms with E-state index < -0.39 is 0 Å². The lowest BCUT2D eigenvalue weighted by atomic mass is 10.3. The van der Waals surface area contributed by atoms with Crippen LogP contribution in [0.5, 0.6) is 0 Å². The van der Waals surface area contributed by atoms with E-state index in [1.807, 2.05) is 13.2 Å². The Morgan fingerprint density at radius 1 is 1.62 bits per heavy atom. The Morgan fingerprint density at radius 3 is 3.15 bits per heavy atom. The van der Waals surface area contributed by atoms with Crippen molar-refractivity contribution in [2.24, 2.45) is 0 Å². The van der Waals surface area contributed by atoms with Crippen molar-refractivity contribution >= 4 is 11.3 Å². The molecule has 0 bridgehead atoms. The molecule has 0 amide bonds. The van der Waals surface area contributed by atoms with E-state index in [2.05, 4.69) is 10.3 Å². The monoisotopic (exact) mass is 200 g/mol. The summed E-state index contributed by atoms with van der Waals surface area (Å²) in [5, 5.41) is 4.32. The van der Waals surface area contributed by atoms with E-state index in [4.69, 9.17) is 4.74 Å². The van der Waals surface area contributed by atoms with Crippen LogP contribution in [-0.2, 0) is 17.7 Å². The molecule has 1 heterocycles.